The van der Waals surface area contributed by atoms with Gasteiger partial charge < -0.3 is 14.6 Å². The van der Waals surface area contributed by atoms with Crippen LogP contribution in [0.3, 0.4) is 0 Å². The molecule has 1 N–H and O–H groups in total. The molecule has 1 fully saturated rings. The van der Waals surface area contributed by atoms with Gasteiger partial charge in [-0.3, -0.25) is 14.8 Å². The van der Waals surface area contributed by atoms with Gasteiger partial charge in [0, 0.05) is 36.6 Å². The zero-order valence-corrected chi connectivity index (χ0v) is 15.8. The lowest BCUT2D eigenvalue weighted by atomic mass is 10.1. The first-order valence-corrected chi connectivity index (χ1v) is 9.10. The minimum absolute atomic E-state index is 0.357. The number of aliphatic imine (C=N–C) groups is 1. The fourth-order valence-corrected chi connectivity index (χ4v) is 3.49. The molecule has 0 bridgehead atoms. The number of hydrogen-bond donors (Lipinski definition) is 1. The highest BCUT2D eigenvalue weighted by atomic mass is 35.5. The van der Waals surface area contributed by atoms with Crippen LogP contribution in [0.4, 0.5) is 11.4 Å². The number of anilines is 2. The van der Waals surface area contributed by atoms with Crippen LogP contribution < -0.4 is 10.2 Å². The van der Waals surface area contributed by atoms with Crippen molar-refractivity contribution in [1.29, 1.82) is 0 Å². The first-order chi connectivity index (χ1) is 13.1. The van der Waals surface area contributed by atoms with Gasteiger partial charge in [0.25, 0.3) is 0 Å². The van der Waals surface area contributed by atoms with E-state index in [0.717, 1.165) is 35.3 Å². The molecule has 1 aliphatic carbocycles. The molecule has 1 aromatic carbocycles. The van der Waals surface area contributed by atoms with Gasteiger partial charge in [0.05, 0.1) is 17.1 Å². The average Bonchev–Trinajstić information content (AvgIpc) is 3.46. The van der Waals surface area contributed by atoms with E-state index in [9.17, 15) is 4.79 Å². The number of nitrogens with zero attached hydrogens (tertiary/aromatic N) is 3. The predicted octanol–water partition coefficient (Wildman–Crippen LogP) is 4.25. The van der Waals surface area contributed by atoms with Crippen LogP contribution in [0.2, 0.25) is 5.02 Å². The minimum atomic E-state index is 0.357. The third-order valence-electron chi connectivity index (χ3n) is 4.74. The van der Waals surface area contributed by atoms with Crippen LogP contribution in [-0.4, -0.2) is 31.3 Å². The van der Waals surface area contributed by atoms with Crippen LogP contribution in [0.25, 0.3) is 11.0 Å². The molecule has 6 nitrogen and oxygen atoms in total. The van der Waals surface area contributed by atoms with E-state index in [0.29, 0.717) is 34.5 Å². The van der Waals surface area contributed by atoms with Crippen LogP contribution in [0.15, 0.2) is 45.9 Å². The molecule has 7 heteroatoms. The smallest absolute Gasteiger partial charge is 0.212 e. The molecule has 3 aromatic rings. The van der Waals surface area contributed by atoms with E-state index in [1.54, 1.807) is 13.1 Å². The standard InChI is InChI=1S/C20H19ClN4O2/c1-22-20(24-11-26)19-18(14-10-13(21)7-8-16(14)27-19)25(2)15-4-3-9-23-17(15)12-5-6-12/h3-4,7-12H,5-6H2,1-2H3,(H,22,24,26). The van der Waals surface area contributed by atoms with Crippen LogP contribution in [0, 0.1) is 0 Å². The topological polar surface area (TPSA) is 70.7 Å². The summed E-state index contributed by atoms with van der Waals surface area (Å²) in [5.74, 6) is 1.33. The summed E-state index contributed by atoms with van der Waals surface area (Å²) in [6.45, 7) is 0. The second-order valence-electron chi connectivity index (χ2n) is 6.50. The van der Waals surface area contributed by atoms with Crippen molar-refractivity contribution in [3.8, 4) is 0 Å². The zero-order valence-electron chi connectivity index (χ0n) is 15.1. The highest BCUT2D eigenvalue weighted by molar-refractivity contribution is 6.31. The molecule has 1 aliphatic rings. The van der Waals surface area contributed by atoms with Crippen molar-refractivity contribution in [2.24, 2.45) is 4.99 Å². The fraction of sp³-hybridized carbons (Fsp3) is 0.250. The molecule has 0 spiro atoms. The molecule has 27 heavy (non-hydrogen) atoms. The average molecular weight is 383 g/mol. The fourth-order valence-electron chi connectivity index (χ4n) is 3.32. The van der Waals surface area contributed by atoms with Crippen LogP contribution in [-0.2, 0) is 4.79 Å². The number of rotatable bonds is 5. The van der Waals surface area contributed by atoms with Crippen LogP contribution in [0.1, 0.15) is 30.2 Å². The molecule has 0 aliphatic heterocycles. The van der Waals surface area contributed by atoms with Gasteiger partial charge >= 0.3 is 0 Å². The maximum atomic E-state index is 11.0. The number of furan rings is 1. The van der Waals surface area contributed by atoms with Crippen molar-refractivity contribution in [1.82, 2.24) is 10.3 Å². The van der Waals surface area contributed by atoms with Crippen molar-refractivity contribution in [3.05, 3.63) is 53.0 Å². The van der Waals surface area contributed by atoms with Crippen LogP contribution >= 0.6 is 11.6 Å². The summed E-state index contributed by atoms with van der Waals surface area (Å²) in [6.07, 6.45) is 4.71. The van der Waals surface area contributed by atoms with Gasteiger partial charge in [-0.05, 0) is 43.2 Å². The summed E-state index contributed by atoms with van der Waals surface area (Å²) in [6, 6.07) is 9.42. The summed E-state index contributed by atoms with van der Waals surface area (Å²) in [5, 5.41) is 4.08. The van der Waals surface area contributed by atoms with Crippen molar-refractivity contribution in [2.45, 2.75) is 18.8 Å². The zero-order chi connectivity index (χ0) is 19.0. The molecular weight excluding hydrogens is 364 g/mol. The van der Waals surface area contributed by atoms with Crippen molar-refractivity contribution >= 4 is 46.2 Å². The van der Waals surface area contributed by atoms with E-state index < -0.39 is 0 Å². The third kappa shape index (κ3) is 3.17. The normalized spacial score (nSPS) is 14.4. The molecule has 0 radical (unpaired) electrons. The van der Waals surface area contributed by atoms with Gasteiger partial charge in [0.15, 0.2) is 11.6 Å². The number of aromatic nitrogens is 1. The van der Waals surface area contributed by atoms with Crippen molar-refractivity contribution < 1.29 is 9.21 Å². The maximum Gasteiger partial charge on any atom is 0.212 e. The lowest BCUT2D eigenvalue weighted by molar-refractivity contribution is -0.108. The summed E-state index contributed by atoms with van der Waals surface area (Å²) in [5.41, 5.74) is 3.53. The largest absolute Gasteiger partial charge is 0.451 e. The summed E-state index contributed by atoms with van der Waals surface area (Å²) < 4.78 is 6.05. The number of fused-ring (bicyclic) bond motifs is 1. The monoisotopic (exact) mass is 382 g/mol. The lowest BCUT2D eigenvalue weighted by Gasteiger charge is -2.22. The molecular formula is C20H19ClN4O2. The molecule has 2 heterocycles. The van der Waals surface area contributed by atoms with Gasteiger partial charge in [-0.15, -0.1) is 0 Å². The first-order valence-electron chi connectivity index (χ1n) is 8.72. The Morgan fingerprint density at radius 3 is 2.93 bits per heavy atom. The van der Waals surface area contributed by atoms with E-state index in [4.69, 9.17) is 16.0 Å². The van der Waals surface area contributed by atoms with Crippen molar-refractivity contribution in [3.63, 3.8) is 0 Å². The summed E-state index contributed by atoms with van der Waals surface area (Å²) in [7, 11) is 3.57. The Morgan fingerprint density at radius 2 is 2.22 bits per heavy atom. The predicted molar refractivity (Wildman–Crippen MR) is 107 cm³/mol. The molecule has 1 saturated carbocycles. The Hall–Kier alpha value is -2.86. The third-order valence-corrected chi connectivity index (χ3v) is 4.97. The van der Waals surface area contributed by atoms with E-state index in [-0.39, 0.29) is 0 Å². The number of nitrogens with one attached hydrogen (secondary N) is 1. The Labute approximate surface area is 161 Å². The van der Waals surface area contributed by atoms with Gasteiger partial charge in [-0.2, -0.15) is 0 Å². The lowest BCUT2D eigenvalue weighted by Crippen LogP contribution is -2.24. The molecule has 1 amide bonds. The number of amides is 1. The summed E-state index contributed by atoms with van der Waals surface area (Å²) in [4.78, 5) is 21.9. The Bertz CT molecular complexity index is 1040. The van der Waals surface area contributed by atoms with Gasteiger partial charge in [0.2, 0.25) is 6.41 Å². The summed E-state index contributed by atoms with van der Waals surface area (Å²) >= 11 is 6.24. The van der Waals surface area contributed by atoms with Gasteiger partial charge in [-0.1, -0.05) is 11.6 Å². The number of pyridine rings is 1. The number of benzene rings is 1. The van der Waals surface area contributed by atoms with E-state index in [2.05, 4.69) is 15.3 Å². The SMILES string of the molecule is CN=C(NC=O)c1oc2ccc(Cl)cc2c1N(C)c1cccnc1C1CC1. The number of amidine groups is 1. The second-order valence-corrected chi connectivity index (χ2v) is 6.93. The second kappa shape index (κ2) is 7.04. The number of hydrogen-bond acceptors (Lipinski definition) is 5. The van der Waals surface area contributed by atoms with E-state index in [1.807, 2.05) is 42.4 Å². The quantitative estimate of drug-likeness (QED) is 0.407. The molecule has 2 aromatic heterocycles. The molecule has 138 valence electrons. The van der Waals surface area contributed by atoms with E-state index in [1.165, 1.54) is 0 Å². The highest BCUT2D eigenvalue weighted by Crippen LogP contribution is 2.46. The molecule has 4 rings (SSSR count). The minimum Gasteiger partial charge on any atom is -0.451 e. The van der Waals surface area contributed by atoms with Crippen molar-refractivity contribution in [2.75, 3.05) is 19.0 Å². The maximum absolute atomic E-state index is 11.0. The van der Waals surface area contributed by atoms with Gasteiger partial charge in [-0.25, -0.2) is 0 Å². The molecule has 0 atom stereocenters. The number of halogens is 1. The molecule has 0 unspecified atom stereocenters. The number of carbonyl (C=O) groups excluding carboxylic acids is 1. The number of carbonyl (C=O) groups is 1. The molecule has 0 saturated heterocycles. The first kappa shape index (κ1) is 17.5. The Balaban J connectivity index is 1.94. The Kier molecular flexibility index (Phi) is 4.58. The van der Waals surface area contributed by atoms with Crippen LogP contribution in [0.5, 0.6) is 0 Å². The highest BCUT2D eigenvalue weighted by Gasteiger charge is 2.30. The van der Waals surface area contributed by atoms with Gasteiger partial charge in [0.1, 0.15) is 5.58 Å². The van der Waals surface area contributed by atoms with E-state index >= 15 is 0 Å². The Morgan fingerprint density at radius 1 is 1.41 bits per heavy atom.